The Balaban J connectivity index is 1.93. The molecular formula is C15H19N3O3S. The van der Waals surface area contributed by atoms with Crippen LogP contribution in [-0.2, 0) is 11.2 Å². The maximum atomic E-state index is 12.0. The van der Waals surface area contributed by atoms with Crippen molar-refractivity contribution in [3.63, 3.8) is 0 Å². The number of hydrogen-bond acceptors (Lipinski definition) is 6. The van der Waals surface area contributed by atoms with Crippen LogP contribution in [0.25, 0.3) is 0 Å². The molecule has 0 aromatic carbocycles. The molecule has 0 radical (unpaired) electrons. The van der Waals surface area contributed by atoms with Crippen LogP contribution in [0.4, 0.5) is 0 Å². The van der Waals surface area contributed by atoms with Crippen LogP contribution in [0.1, 0.15) is 66.7 Å². The number of nitrogens with zero attached hydrogens (tertiary/aromatic N) is 2. The normalized spacial score (nSPS) is 12.4. The van der Waals surface area contributed by atoms with Gasteiger partial charge < -0.3 is 9.73 Å². The summed E-state index contributed by atoms with van der Waals surface area (Å²) in [6.07, 6.45) is 0.222. The molecule has 0 aliphatic rings. The van der Waals surface area contributed by atoms with Gasteiger partial charge in [-0.3, -0.25) is 9.59 Å². The first-order valence-corrected chi connectivity index (χ1v) is 7.95. The fraction of sp³-hybridized carbons (Fsp3) is 0.467. The van der Waals surface area contributed by atoms with E-state index in [9.17, 15) is 9.59 Å². The van der Waals surface area contributed by atoms with E-state index in [2.05, 4.69) is 15.5 Å². The highest BCUT2D eigenvalue weighted by Gasteiger charge is 2.18. The Bertz CT molecular complexity index is 675. The molecule has 1 atom stereocenters. The highest BCUT2D eigenvalue weighted by molar-refractivity contribution is 7.12. The molecule has 2 aromatic rings. The van der Waals surface area contributed by atoms with Crippen molar-refractivity contribution in [2.45, 2.75) is 46.1 Å². The maximum absolute atomic E-state index is 12.0. The summed E-state index contributed by atoms with van der Waals surface area (Å²) >= 11 is 1.35. The van der Waals surface area contributed by atoms with E-state index < -0.39 is 0 Å². The van der Waals surface area contributed by atoms with Crippen LogP contribution in [-0.4, -0.2) is 21.9 Å². The zero-order chi connectivity index (χ0) is 16.3. The quantitative estimate of drug-likeness (QED) is 0.827. The minimum Gasteiger partial charge on any atom is -0.423 e. The summed E-state index contributed by atoms with van der Waals surface area (Å²) in [6, 6.07) is 1.40. The fourth-order valence-electron chi connectivity index (χ4n) is 1.85. The van der Waals surface area contributed by atoms with E-state index in [0.29, 0.717) is 16.7 Å². The summed E-state index contributed by atoms with van der Waals surface area (Å²) < 4.78 is 5.51. The lowest BCUT2D eigenvalue weighted by Crippen LogP contribution is -2.28. The van der Waals surface area contributed by atoms with Crippen molar-refractivity contribution in [1.82, 2.24) is 15.5 Å². The standard InChI is InChI=1S/C15H19N3O3S/c1-8(2)14-17-18-15(21-14)9(3)16-13(20)6-11-5-12(10(4)19)22-7-11/h5,7-9H,6H2,1-4H3,(H,16,20)/t9-/m1/s1. The van der Waals surface area contributed by atoms with Gasteiger partial charge in [-0.1, -0.05) is 13.8 Å². The molecule has 2 rings (SSSR count). The first-order valence-electron chi connectivity index (χ1n) is 7.07. The van der Waals surface area contributed by atoms with Crippen LogP contribution in [0.2, 0.25) is 0 Å². The van der Waals surface area contributed by atoms with Crippen LogP contribution in [0, 0.1) is 0 Å². The Kier molecular flexibility index (Phi) is 5.07. The Morgan fingerprint density at radius 1 is 1.27 bits per heavy atom. The molecule has 0 saturated heterocycles. The van der Waals surface area contributed by atoms with Gasteiger partial charge in [-0.2, -0.15) is 0 Å². The van der Waals surface area contributed by atoms with Gasteiger partial charge in [-0.05, 0) is 30.9 Å². The van der Waals surface area contributed by atoms with E-state index >= 15 is 0 Å². The molecule has 2 heterocycles. The van der Waals surface area contributed by atoms with Crippen molar-refractivity contribution in [1.29, 1.82) is 0 Å². The second kappa shape index (κ2) is 6.83. The van der Waals surface area contributed by atoms with Gasteiger partial charge in [0.25, 0.3) is 0 Å². The Morgan fingerprint density at radius 2 is 1.95 bits per heavy atom. The van der Waals surface area contributed by atoms with E-state index in [-0.39, 0.29) is 30.1 Å². The average Bonchev–Trinajstić information content (AvgIpc) is 3.06. The molecule has 1 amide bonds. The van der Waals surface area contributed by atoms with E-state index in [0.717, 1.165) is 5.56 Å². The highest BCUT2D eigenvalue weighted by atomic mass is 32.1. The number of rotatable bonds is 6. The van der Waals surface area contributed by atoms with Crippen molar-refractivity contribution in [3.05, 3.63) is 33.7 Å². The molecule has 2 aromatic heterocycles. The van der Waals surface area contributed by atoms with E-state index in [4.69, 9.17) is 4.42 Å². The maximum Gasteiger partial charge on any atom is 0.238 e. The van der Waals surface area contributed by atoms with E-state index in [1.807, 2.05) is 19.2 Å². The van der Waals surface area contributed by atoms with Gasteiger partial charge in [-0.25, -0.2) is 0 Å². The zero-order valence-electron chi connectivity index (χ0n) is 13.0. The number of thiophene rings is 1. The van der Waals surface area contributed by atoms with Gasteiger partial charge in [0, 0.05) is 5.92 Å². The third-order valence-electron chi connectivity index (χ3n) is 3.06. The molecular weight excluding hydrogens is 302 g/mol. The van der Waals surface area contributed by atoms with Gasteiger partial charge in [-0.15, -0.1) is 21.5 Å². The fourth-order valence-corrected chi connectivity index (χ4v) is 2.66. The lowest BCUT2D eigenvalue weighted by Gasteiger charge is -2.09. The molecule has 118 valence electrons. The van der Waals surface area contributed by atoms with Crippen LogP contribution < -0.4 is 5.32 Å². The van der Waals surface area contributed by atoms with Crippen LogP contribution in [0.3, 0.4) is 0 Å². The summed E-state index contributed by atoms with van der Waals surface area (Å²) in [5.74, 6) is 0.966. The first kappa shape index (κ1) is 16.4. The van der Waals surface area contributed by atoms with Crippen LogP contribution >= 0.6 is 11.3 Å². The number of ketones is 1. The van der Waals surface area contributed by atoms with Gasteiger partial charge >= 0.3 is 0 Å². The van der Waals surface area contributed by atoms with E-state index in [1.54, 1.807) is 13.0 Å². The molecule has 0 aliphatic carbocycles. The molecule has 0 unspecified atom stereocenters. The third-order valence-corrected chi connectivity index (χ3v) is 4.14. The molecule has 0 spiro atoms. The largest absolute Gasteiger partial charge is 0.423 e. The Labute approximate surface area is 132 Å². The van der Waals surface area contributed by atoms with Crippen molar-refractivity contribution in [2.24, 2.45) is 0 Å². The monoisotopic (exact) mass is 321 g/mol. The number of amides is 1. The third kappa shape index (κ3) is 4.00. The summed E-state index contributed by atoms with van der Waals surface area (Å²) in [7, 11) is 0. The molecule has 0 aliphatic heterocycles. The summed E-state index contributed by atoms with van der Waals surface area (Å²) in [5, 5.41) is 12.5. The molecule has 6 nitrogen and oxygen atoms in total. The summed E-state index contributed by atoms with van der Waals surface area (Å²) in [6.45, 7) is 7.23. The van der Waals surface area contributed by atoms with Gasteiger partial charge in [0.1, 0.15) is 6.04 Å². The first-order chi connectivity index (χ1) is 10.4. The van der Waals surface area contributed by atoms with Crippen LogP contribution in [0.15, 0.2) is 15.9 Å². The van der Waals surface area contributed by atoms with Crippen LogP contribution in [0.5, 0.6) is 0 Å². The number of carbonyl (C=O) groups is 2. The highest BCUT2D eigenvalue weighted by Crippen LogP contribution is 2.18. The summed E-state index contributed by atoms with van der Waals surface area (Å²) in [5.41, 5.74) is 0.827. The van der Waals surface area contributed by atoms with Gasteiger partial charge in [0.2, 0.25) is 17.7 Å². The van der Waals surface area contributed by atoms with Crippen molar-refractivity contribution >= 4 is 23.0 Å². The second-order valence-corrected chi connectivity index (χ2v) is 6.39. The predicted octanol–water partition coefficient (Wildman–Crippen LogP) is 2.88. The Morgan fingerprint density at radius 3 is 2.50 bits per heavy atom. The molecule has 1 N–H and O–H groups in total. The number of Topliss-reactive ketones (excluding diaryl/α,β-unsaturated/α-hetero) is 1. The number of carbonyl (C=O) groups excluding carboxylic acids is 2. The lowest BCUT2D eigenvalue weighted by atomic mass is 10.2. The molecule has 0 bridgehead atoms. The lowest BCUT2D eigenvalue weighted by molar-refractivity contribution is -0.121. The predicted molar refractivity (Wildman–Crippen MR) is 83.0 cm³/mol. The minimum atomic E-state index is -0.349. The summed E-state index contributed by atoms with van der Waals surface area (Å²) in [4.78, 5) is 23.9. The second-order valence-electron chi connectivity index (χ2n) is 5.47. The zero-order valence-corrected chi connectivity index (χ0v) is 13.9. The topological polar surface area (TPSA) is 85.1 Å². The molecule has 22 heavy (non-hydrogen) atoms. The van der Waals surface area contributed by atoms with Crippen molar-refractivity contribution in [3.8, 4) is 0 Å². The van der Waals surface area contributed by atoms with Gasteiger partial charge in [0.15, 0.2) is 5.78 Å². The molecule has 0 fully saturated rings. The molecule has 7 heteroatoms. The van der Waals surface area contributed by atoms with Crippen molar-refractivity contribution in [2.75, 3.05) is 0 Å². The molecule has 0 saturated carbocycles. The van der Waals surface area contributed by atoms with E-state index in [1.165, 1.54) is 18.3 Å². The smallest absolute Gasteiger partial charge is 0.238 e. The Hall–Kier alpha value is -2.02. The van der Waals surface area contributed by atoms with Gasteiger partial charge in [0.05, 0.1) is 11.3 Å². The average molecular weight is 321 g/mol. The SMILES string of the molecule is CC(=O)c1cc(CC(=O)N[C@H](C)c2nnc(C(C)C)o2)cs1. The minimum absolute atomic E-state index is 0.0112. The number of nitrogens with one attached hydrogen (secondary N) is 1. The van der Waals surface area contributed by atoms with Crippen molar-refractivity contribution < 1.29 is 14.0 Å². The number of aromatic nitrogens is 2. The number of hydrogen-bond donors (Lipinski definition) is 1.